The average molecular weight is 325 g/mol. The number of nitriles is 1. The minimum Gasteiger partial charge on any atom is -0.211 e. The molecule has 21 heavy (non-hydrogen) atoms. The summed E-state index contributed by atoms with van der Waals surface area (Å²) in [4.78, 5) is -0.00799. The van der Waals surface area contributed by atoms with Gasteiger partial charge >= 0.3 is 0 Å². The van der Waals surface area contributed by atoms with Crippen molar-refractivity contribution >= 4 is 21.6 Å². The first kappa shape index (κ1) is 14.8. The Bertz CT molecular complexity index is 696. The molecule has 0 saturated heterocycles. The lowest BCUT2D eigenvalue weighted by Gasteiger charge is -2.21. The largest absolute Gasteiger partial charge is 0.242 e. The van der Waals surface area contributed by atoms with Gasteiger partial charge in [0.2, 0.25) is 10.0 Å². The van der Waals surface area contributed by atoms with Crippen LogP contribution in [0, 0.1) is 29.1 Å². The van der Waals surface area contributed by atoms with E-state index in [2.05, 4.69) is 4.72 Å². The highest BCUT2D eigenvalue weighted by Crippen LogP contribution is 2.48. The van der Waals surface area contributed by atoms with E-state index < -0.39 is 10.0 Å². The zero-order valence-electron chi connectivity index (χ0n) is 11.5. The number of rotatable bonds is 4. The van der Waals surface area contributed by atoms with Crippen LogP contribution in [0.15, 0.2) is 23.1 Å². The van der Waals surface area contributed by atoms with Gasteiger partial charge in [0.15, 0.2) is 0 Å². The Morgan fingerprint density at radius 2 is 2.14 bits per heavy atom. The molecule has 3 atom stereocenters. The molecule has 2 saturated carbocycles. The molecule has 2 fully saturated rings. The van der Waals surface area contributed by atoms with Crippen LogP contribution in [0.25, 0.3) is 0 Å². The van der Waals surface area contributed by atoms with Crippen LogP contribution < -0.4 is 4.72 Å². The van der Waals surface area contributed by atoms with Crippen molar-refractivity contribution in [2.24, 2.45) is 17.8 Å². The number of benzene rings is 1. The first-order valence-corrected chi connectivity index (χ1v) is 9.05. The summed E-state index contributed by atoms with van der Waals surface area (Å²) in [5.74, 6) is 1.89. The van der Waals surface area contributed by atoms with Crippen molar-refractivity contribution in [1.29, 1.82) is 5.26 Å². The number of halogens is 1. The second-order valence-corrected chi connectivity index (χ2v) is 8.19. The maximum atomic E-state index is 12.4. The Hall–Kier alpha value is -1.09. The van der Waals surface area contributed by atoms with E-state index in [0.717, 1.165) is 12.3 Å². The minimum atomic E-state index is -3.66. The lowest BCUT2D eigenvalue weighted by Crippen LogP contribution is -2.31. The van der Waals surface area contributed by atoms with Gasteiger partial charge in [-0.15, -0.1) is 0 Å². The molecular formula is C15H17ClN2O2S. The van der Waals surface area contributed by atoms with Crippen LogP contribution in [0.4, 0.5) is 0 Å². The molecule has 1 N–H and O–H groups in total. The van der Waals surface area contributed by atoms with E-state index in [4.69, 9.17) is 16.9 Å². The first-order valence-electron chi connectivity index (χ1n) is 7.19. The van der Waals surface area contributed by atoms with Crippen LogP contribution in [0.3, 0.4) is 0 Å². The average Bonchev–Trinajstić information content (AvgIpc) is 3.08. The number of hydrogen-bond donors (Lipinski definition) is 1. The lowest BCUT2D eigenvalue weighted by atomic mass is 9.89. The van der Waals surface area contributed by atoms with Crippen molar-refractivity contribution in [2.45, 2.75) is 30.6 Å². The summed E-state index contributed by atoms with van der Waals surface area (Å²) >= 11 is 5.97. The molecule has 2 aliphatic rings. The van der Waals surface area contributed by atoms with Crippen molar-refractivity contribution < 1.29 is 8.42 Å². The van der Waals surface area contributed by atoms with Crippen LogP contribution in [-0.4, -0.2) is 15.0 Å². The summed E-state index contributed by atoms with van der Waals surface area (Å²) in [6.07, 6.45) is 4.89. The molecule has 112 valence electrons. The van der Waals surface area contributed by atoms with Gasteiger partial charge in [-0.2, -0.15) is 5.26 Å². The van der Waals surface area contributed by atoms with E-state index in [9.17, 15) is 8.42 Å². The highest BCUT2D eigenvalue weighted by molar-refractivity contribution is 7.89. The van der Waals surface area contributed by atoms with E-state index in [0.29, 0.717) is 23.9 Å². The van der Waals surface area contributed by atoms with Crippen molar-refractivity contribution in [3.05, 3.63) is 28.8 Å². The van der Waals surface area contributed by atoms with Crippen LogP contribution in [0.1, 0.15) is 31.2 Å². The third-order valence-electron chi connectivity index (χ3n) is 4.77. The molecule has 6 heteroatoms. The molecule has 0 heterocycles. The van der Waals surface area contributed by atoms with Crippen molar-refractivity contribution in [2.75, 3.05) is 6.54 Å². The molecule has 0 spiro atoms. The number of fused-ring (bicyclic) bond motifs is 2. The van der Waals surface area contributed by atoms with Gasteiger partial charge in [0.25, 0.3) is 0 Å². The number of hydrogen-bond acceptors (Lipinski definition) is 3. The van der Waals surface area contributed by atoms with Crippen LogP contribution >= 0.6 is 11.6 Å². The van der Waals surface area contributed by atoms with Crippen molar-refractivity contribution in [1.82, 2.24) is 4.72 Å². The molecule has 3 rings (SSSR count). The number of nitrogens with zero attached hydrogens (tertiary/aromatic N) is 1. The fraction of sp³-hybridized carbons (Fsp3) is 0.533. The van der Waals surface area contributed by atoms with Gasteiger partial charge in [-0.05, 0) is 55.2 Å². The van der Waals surface area contributed by atoms with Gasteiger partial charge in [-0.25, -0.2) is 13.1 Å². The third-order valence-corrected chi connectivity index (χ3v) is 6.68. The Morgan fingerprint density at radius 1 is 1.33 bits per heavy atom. The Morgan fingerprint density at radius 3 is 2.76 bits per heavy atom. The zero-order valence-corrected chi connectivity index (χ0v) is 13.1. The Balaban J connectivity index is 1.74. The molecule has 2 aliphatic carbocycles. The molecule has 1 aromatic carbocycles. The van der Waals surface area contributed by atoms with Crippen LogP contribution in [-0.2, 0) is 10.0 Å². The number of sulfonamides is 1. The SMILES string of the molecule is N#Cc1ccc(Cl)c(S(=O)(=O)NCC2CC3CCC2C3)c1. The molecular weight excluding hydrogens is 308 g/mol. The zero-order chi connectivity index (χ0) is 15.0. The quantitative estimate of drug-likeness (QED) is 0.925. The van der Waals surface area contributed by atoms with Gasteiger partial charge in [0.1, 0.15) is 4.90 Å². The van der Waals surface area contributed by atoms with Crippen LogP contribution in [0.5, 0.6) is 0 Å². The van der Waals surface area contributed by atoms with Crippen molar-refractivity contribution in [3.8, 4) is 6.07 Å². The van der Waals surface area contributed by atoms with Gasteiger partial charge < -0.3 is 0 Å². The maximum Gasteiger partial charge on any atom is 0.242 e. The fourth-order valence-electron chi connectivity index (χ4n) is 3.70. The van der Waals surface area contributed by atoms with E-state index in [1.807, 2.05) is 6.07 Å². The third kappa shape index (κ3) is 2.94. The van der Waals surface area contributed by atoms with E-state index in [1.54, 1.807) is 0 Å². The molecule has 0 aliphatic heterocycles. The molecule has 2 bridgehead atoms. The molecule has 0 aromatic heterocycles. The number of nitrogens with one attached hydrogen (secondary N) is 1. The van der Waals surface area contributed by atoms with Crippen LogP contribution in [0.2, 0.25) is 5.02 Å². The van der Waals surface area contributed by atoms with E-state index in [-0.39, 0.29) is 9.92 Å². The minimum absolute atomic E-state index is 0.00799. The van der Waals surface area contributed by atoms with E-state index in [1.165, 1.54) is 37.5 Å². The van der Waals surface area contributed by atoms with Crippen molar-refractivity contribution in [3.63, 3.8) is 0 Å². The Kier molecular flexibility index (Phi) is 3.96. The molecule has 0 amide bonds. The monoisotopic (exact) mass is 324 g/mol. The lowest BCUT2D eigenvalue weighted by molar-refractivity contribution is 0.333. The van der Waals surface area contributed by atoms with Gasteiger partial charge in [-0.1, -0.05) is 18.0 Å². The van der Waals surface area contributed by atoms with E-state index >= 15 is 0 Å². The summed E-state index contributed by atoms with van der Waals surface area (Å²) in [5, 5.41) is 9.03. The van der Waals surface area contributed by atoms with Gasteiger partial charge in [0, 0.05) is 6.54 Å². The highest BCUT2D eigenvalue weighted by atomic mass is 35.5. The normalized spacial score (nSPS) is 27.7. The summed E-state index contributed by atoms with van der Waals surface area (Å²) < 4.78 is 27.4. The second-order valence-electron chi connectivity index (χ2n) is 6.04. The van der Waals surface area contributed by atoms with Gasteiger partial charge in [-0.3, -0.25) is 0 Å². The molecule has 0 radical (unpaired) electrons. The summed E-state index contributed by atoms with van der Waals surface area (Å²) in [7, 11) is -3.66. The second kappa shape index (κ2) is 5.60. The van der Waals surface area contributed by atoms with Gasteiger partial charge in [0.05, 0.1) is 16.7 Å². The predicted octanol–water partition coefficient (Wildman–Crippen LogP) is 2.93. The standard InChI is InChI=1S/C15H17ClN2O2S/c16-14-4-2-11(8-17)7-15(14)21(19,20)18-9-13-6-10-1-3-12(13)5-10/h2,4,7,10,12-13,18H,1,3,5-6,9H2. The summed E-state index contributed by atoms with van der Waals surface area (Å²) in [6, 6.07) is 6.22. The molecule has 1 aromatic rings. The highest BCUT2D eigenvalue weighted by Gasteiger charge is 2.39. The smallest absolute Gasteiger partial charge is 0.211 e. The Labute approximate surface area is 130 Å². The summed E-state index contributed by atoms with van der Waals surface area (Å²) in [5.41, 5.74) is 0.291. The fourth-order valence-corrected chi connectivity index (χ4v) is 5.32. The maximum absolute atomic E-state index is 12.4. The topological polar surface area (TPSA) is 70.0 Å². The predicted molar refractivity (Wildman–Crippen MR) is 80.3 cm³/mol. The molecule has 3 unspecified atom stereocenters. The first-order chi connectivity index (χ1) is 9.99. The summed E-state index contributed by atoms with van der Waals surface area (Å²) in [6.45, 7) is 0.469. The molecule has 4 nitrogen and oxygen atoms in total.